The molecule has 0 aliphatic heterocycles. The molecule has 0 bridgehead atoms. The number of hydrogen-bond acceptors (Lipinski definition) is 2. The number of halogens is 1. The van der Waals surface area contributed by atoms with E-state index >= 15 is 0 Å². The monoisotopic (exact) mass is 349 g/mol. The summed E-state index contributed by atoms with van der Waals surface area (Å²) in [5, 5.41) is 8.28. The lowest BCUT2D eigenvalue weighted by Gasteiger charge is -2.19. The van der Waals surface area contributed by atoms with E-state index in [1.165, 1.54) is 21.4 Å². The average Bonchev–Trinajstić information content (AvgIpc) is 2.92. The minimum absolute atomic E-state index is 0.293. The first-order valence-corrected chi connectivity index (χ1v) is 8.52. The summed E-state index contributed by atoms with van der Waals surface area (Å²) < 4.78 is 3.30. The lowest BCUT2D eigenvalue weighted by molar-refractivity contribution is 0.489. The second-order valence-corrected chi connectivity index (χ2v) is 5.99. The van der Waals surface area contributed by atoms with Gasteiger partial charge in [0.05, 0.1) is 17.4 Å². The fourth-order valence-corrected chi connectivity index (χ4v) is 3.05. The van der Waals surface area contributed by atoms with Crippen molar-refractivity contribution in [1.82, 2.24) is 15.1 Å². The van der Waals surface area contributed by atoms with Gasteiger partial charge in [-0.1, -0.05) is 48.0 Å². The molecule has 0 aliphatic carbocycles. The third kappa shape index (κ3) is 3.95. The van der Waals surface area contributed by atoms with Gasteiger partial charge in [-0.25, -0.2) is 0 Å². The van der Waals surface area contributed by atoms with Crippen LogP contribution in [0.4, 0.5) is 0 Å². The molecular formula is C17H24BrN3. The maximum Gasteiger partial charge on any atom is 0.0625 e. The Morgan fingerprint density at radius 2 is 2.00 bits per heavy atom. The fourth-order valence-electron chi connectivity index (χ4n) is 2.60. The molecule has 0 fully saturated rings. The quantitative estimate of drug-likeness (QED) is 0.814. The number of nitrogens with one attached hydrogen (secondary N) is 1. The van der Waals surface area contributed by atoms with Crippen LogP contribution in [0, 0.1) is 0 Å². The number of benzene rings is 1. The van der Waals surface area contributed by atoms with Gasteiger partial charge in [-0.05, 0) is 44.0 Å². The molecule has 1 aromatic heterocycles. The molecule has 0 radical (unpaired) electrons. The molecule has 1 atom stereocenters. The van der Waals surface area contributed by atoms with Crippen molar-refractivity contribution in [2.24, 2.45) is 0 Å². The SMILES string of the molecule is CCNC(Cc1ccccc1Br)c1cc(CC)nn1CC. The third-order valence-electron chi connectivity index (χ3n) is 3.71. The lowest BCUT2D eigenvalue weighted by atomic mass is 10.0. The smallest absolute Gasteiger partial charge is 0.0625 e. The molecule has 0 aliphatic rings. The summed E-state index contributed by atoms with van der Waals surface area (Å²) >= 11 is 3.65. The molecular weight excluding hydrogens is 326 g/mol. The molecule has 2 rings (SSSR count). The lowest BCUT2D eigenvalue weighted by Crippen LogP contribution is -2.25. The molecule has 2 aromatic rings. The van der Waals surface area contributed by atoms with Gasteiger partial charge in [0.15, 0.2) is 0 Å². The predicted octanol–water partition coefficient (Wildman–Crippen LogP) is 4.12. The van der Waals surface area contributed by atoms with Crippen LogP contribution >= 0.6 is 15.9 Å². The normalized spacial score (nSPS) is 12.6. The Hall–Kier alpha value is -1.13. The van der Waals surface area contributed by atoms with Crippen LogP contribution in [0.1, 0.15) is 43.8 Å². The molecule has 0 spiro atoms. The first-order valence-electron chi connectivity index (χ1n) is 7.72. The van der Waals surface area contributed by atoms with Gasteiger partial charge in [0.25, 0.3) is 0 Å². The highest BCUT2D eigenvalue weighted by Gasteiger charge is 2.18. The molecule has 0 saturated carbocycles. The van der Waals surface area contributed by atoms with E-state index in [-0.39, 0.29) is 0 Å². The molecule has 21 heavy (non-hydrogen) atoms. The van der Waals surface area contributed by atoms with Crippen LogP contribution in [0.15, 0.2) is 34.8 Å². The van der Waals surface area contributed by atoms with Crippen LogP contribution in [0.5, 0.6) is 0 Å². The topological polar surface area (TPSA) is 29.9 Å². The van der Waals surface area contributed by atoms with Crippen molar-refractivity contribution < 1.29 is 0 Å². The Bertz CT molecular complexity index is 577. The van der Waals surface area contributed by atoms with Gasteiger partial charge in [0, 0.05) is 11.0 Å². The number of likely N-dealkylation sites (N-methyl/N-ethyl adjacent to an activating group) is 1. The summed E-state index contributed by atoms with van der Waals surface area (Å²) in [5.74, 6) is 0. The van der Waals surface area contributed by atoms with Gasteiger partial charge in [0.2, 0.25) is 0 Å². The molecule has 0 amide bonds. The maximum atomic E-state index is 4.68. The summed E-state index contributed by atoms with van der Waals surface area (Å²) in [6, 6.07) is 11.0. The highest BCUT2D eigenvalue weighted by Crippen LogP contribution is 2.24. The Kier molecular flexibility index (Phi) is 6.00. The van der Waals surface area contributed by atoms with Crippen LogP contribution in [-0.4, -0.2) is 16.3 Å². The van der Waals surface area contributed by atoms with Gasteiger partial charge in [-0.2, -0.15) is 5.10 Å². The van der Waals surface area contributed by atoms with Crippen molar-refractivity contribution in [3.8, 4) is 0 Å². The number of aromatic nitrogens is 2. The second-order valence-electron chi connectivity index (χ2n) is 5.14. The standard InChI is InChI=1S/C17H24BrN3/c1-4-14-12-17(21(6-3)20-14)16(19-5-2)11-13-9-7-8-10-15(13)18/h7-10,12,16,19H,4-6,11H2,1-3H3. The van der Waals surface area contributed by atoms with E-state index in [9.17, 15) is 0 Å². The van der Waals surface area contributed by atoms with Crippen LogP contribution in [-0.2, 0) is 19.4 Å². The van der Waals surface area contributed by atoms with Gasteiger partial charge >= 0.3 is 0 Å². The summed E-state index contributed by atoms with van der Waals surface area (Å²) in [6.07, 6.45) is 1.94. The zero-order chi connectivity index (χ0) is 15.2. The van der Waals surface area contributed by atoms with Crippen molar-refractivity contribution >= 4 is 15.9 Å². The van der Waals surface area contributed by atoms with E-state index in [4.69, 9.17) is 0 Å². The fraction of sp³-hybridized carbons (Fsp3) is 0.471. The van der Waals surface area contributed by atoms with Crippen LogP contribution in [0.3, 0.4) is 0 Å². The minimum atomic E-state index is 0.293. The molecule has 114 valence electrons. The molecule has 1 aromatic carbocycles. The Morgan fingerprint density at radius 1 is 1.24 bits per heavy atom. The first kappa shape index (κ1) is 16.2. The van der Waals surface area contributed by atoms with Crippen LogP contribution in [0.2, 0.25) is 0 Å². The molecule has 0 saturated heterocycles. The zero-order valence-electron chi connectivity index (χ0n) is 13.1. The highest BCUT2D eigenvalue weighted by atomic mass is 79.9. The van der Waals surface area contributed by atoms with Crippen molar-refractivity contribution in [2.75, 3.05) is 6.54 Å². The largest absolute Gasteiger partial charge is 0.309 e. The summed E-state index contributed by atoms with van der Waals surface area (Å²) in [6.45, 7) is 8.32. The molecule has 1 unspecified atom stereocenters. The highest BCUT2D eigenvalue weighted by molar-refractivity contribution is 9.10. The predicted molar refractivity (Wildman–Crippen MR) is 91.5 cm³/mol. The Morgan fingerprint density at radius 3 is 2.62 bits per heavy atom. The van der Waals surface area contributed by atoms with E-state index in [1.54, 1.807) is 0 Å². The van der Waals surface area contributed by atoms with Gasteiger partial charge in [-0.15, -0.1) is 0 Å². The van der Waals surface area contributed by atoms with Gasteiger partial charge in [-0.3, -0.25) is 4.68 Å². The summed E-state index contributed by atoms with van der Waals surface area (Å²) in [7, 11) is 0. The van der Waals surface area contributed by atoms with Crippen LogP contribution in [0.25, 0.3) is 0 Å². The van der Waals surface area contributed by atoms with E-state index < -0.39 is 0 Å². The summed E-state index contributed by atoms with van der Waals surface area (Å²) in [4.78, 5) is 0. The van der Waals surface area contributed by atoms with Crippen molar-refractivity contribution in [2.45, 2.75) is 46.2 Å². The van der Waals surface area contributed by atoms with Crippen molar-refractivity contribution in [3.63, 3.8) is 0 Å². The summed E-state index contributed by atoms with van der Waals surface area (Å²) in [5.41, 5.74) is 3.78. The van der Waals surface area contributed by atoms with Gasteiger partial charge in [0.1, 0.15) is 0 Å². The second kappa shape index (κ2) is 7.76. The number of hydrogen-bond donors (Lipinski definition) is 1. The average molecular weight is 350 g/mol. The third-order valence-corrected chi connectivity index (χ3v) is 4.49. The molecule has 4 heteroatoms. The molecule has 1 heterocycles. The zero-order valence-corrected chi connectivity index (χ0v) is 14.7. The molecule has 1 N–H and O–H groups in total. The van der Waals surface area contributed by atoms with Gasteiger partial charge < -0.3 is 5.32 Å². The first-order chi connectivity index (χ1) is 10.2. The van der Waals surface area contributed by atoms with Crippen molar-refractivity contribution in [3.05, 3.63) is 51.8 Å². The van der Waals surface area contributed by atoms with E-state index in [1.807, 2.05) is 0 Å². The maximum absolute atomic E-state index is 4.68. The Labute approximate surface area is 135 Å². The number of aryl methyl sites for hydroxylation is 2. The number of nitrogens with zero attached hydrogens (tertiary/aromatic N) is 2. The van der Waals surface area contributed by atoms with E-state index in [0.29, 0.717) is 6.04 Å². The minimum Gasteiger partial charge on any atom is -0.309 e. The van der Waals surface area contributed by atoms with E-state index in [2.05, 4.69) is 82.1 Å². The van der Waals surface area contributed by atoms with Crippen molar-refractivity contribution in [1.29, 1.82) is 0 Å². The molecule has 3 nitrogen and oxygen atoms in total. The van der Waals surface area contributed by atoms with E-state index in [0.717, 1.165) is 25.9 Å². The Balaban J connectivity index is 2.30. The number of rotatable bonds is 7. The van der Waals surface area contributed by atoms with Crippen LogP contribution < -0.4 is 5.32 Å².